The Kier molecular flexibility index (Phi) is 9.66. The van der Waals surface area contributed by atoms with Crippen molar-refractivity contribution in [3.8, 4) is 50.2 Å². The van der Waals surface area contributed by atoms with Gasteiger partial charge >= 0.3 is 0 Å². The number of nitrogens with one attached hydrogen (secondary N) is 2. The van der Waals surface area contributed by atoms with Crippen molar-refractivity contribution in [2.45, 2.75) is 12.3 Å². The molecule has 0 bridgehead atoms. The third-order valence-corrected chi connectivity index (χ3v) is 13.6. The predicted octanol–water partition coefficient (Wildman–Crippen LogP) is 15.4. The van der Waals surface area contributed by atoms with E-state index in [0.29, 0.717) is 0 Å². The molecule has 0 spiro atoms. The first kappa shape index (κ1) is 39.6. The standard InChI is InChI=1S/C63H45N5/c1-5-19-42(20-6-1)48-37-38-51(44-23-9-3-10-24-44)58(41-48)67-56-31-17-15-29-52(56)54-39-40-55-53-30-16-18-32-57(53)68(60(55)59(54)67)63-65-61(46-25-11-4-12-26-46)64-62(66-63)47-35-33-45(34-36-47)50-28-14-13-27-49(50)43-21-7-2-8-22-43/h1-41,61-62,64H,(H,65,66). The van der Waals surface area contributed by atoms with Crippen LogP contribution < -0.4 is 10.6 Å². The highest BCUT2D eigenvalue weighted by molar-refractivity contribution is 6.26. The first-order chi connectivity index (χ1) is 33.7. The number of hydrogen-bond acceptors (Lipinski definition) is 3. The molecule has 5 nitrogen and oxygen atoms in total. The number of benzene rings is 10. The van der Waals surface area contributed by atoms with Crippen LogP contribution in [-0.4, -0.2) is 15.1 Å². The Bertz CT molecular complexity index is 3830. The zero-order chi connectivity index (χ0) is 45.0. The fourth-order valence-electron chi connectivity index (χ4n) is 10.5. The van der Waals surface area contributed by atoms with E-state index in [-0.39, 0.29) is 12.3 Å². The summed E-state index contributed by atoms with van der Waals surface area (Å²) in [6.07, 6.45) is -0.593. The lowest BCUT2D eigenvalue weighted by Gasteiger charge is -2.32. The molecule has 68 heavy (non-hydrogen) atoms. The van der Waals surface area contributed by atoms with E-state index < -0.39 is 0 Å². The monoisotopic (exact) mass is 871 g/mol. The maximum atomic E-state index is 5.67. The molecule has 1 aliphatic rings. The van der Waals surface area contributed by atoms with Gasteiger partial charge in [0.15, 0.2) is 0 Å². The van der Waals surface area contributed by atoms with Gasteiger partial charge in [-0.1, -0.05) is 231 Å². The Balaban J connectivity index is 1.06. The molecule has 2 N–H and O–H groups in total. The molecule has 0 aliphatic carbocycles. The van der Waals surface area contributed by atoms with Crippen molar-refractivity contribution in [2.75, 3.05) is 0 Å². The summed E-state index contributed by atoms with van der Waals surface area (Å²) in [5.74, 6) is 0.776. The molecule has 0 saturated carbocycles. The van der Waals surface area contributed by atoms with Gasteiger partial charge in [0.25, 0.3) is 0 Å². The summed E-state index contributed by atoms with van der Waals surface area (Å²) >= 11 is 0. The van der Waals surface area contributed by atoms with Gasteiger partial charge in [0.1, 0.15) is 12.3 Å². The molecule has 1 aliphatic heterocycles. The van der Waals surface area contributed by atoms with Crippen LogP contribution in [0.25, 0.3) is 93.8 Å². The normalized spacial score (nSPS) is 14.9. The van der Waals surface area contributed by atoms with Crippen molar-refractivity contribution >= 4 is 49.6 Å². The van der Waals surface area contributed by atoms with Gasteiger partial charge in [0.05, 0.1) is 27.8 Å². The van der Waals surface area contributed by atoms with Gasteiger partial charge < -0.3 is 9.88 Å². The van der Waals surface area contributed by atoms with E-state index in [1.807, 2.05) is 0 Å². The lowest BCUT2D eigenvalue weighted by atomic mass is 9.94. The van der Waals surface area contributed by atoms with E-state index >= 15 is 0 Å². The number of aliphatic imine (C=N–C) groups is 1. The average molecular weight is 872 g/mol. The molecular formula is C63H45N5. The van der Waals surface area contributed by atoms with Gasteiger partial charge in [-0.2, -0.15) is 0 Å². The van der Waals surface area contributed by atoms with Crippen molar-refractivity contribution in [1.82, 2.24) is 19.8 Å². The fourth-order valence-corrected chi connectivity index (χ4v) is 10.5. The van der Waals surface area contributed by atoms with Crippen molar-refractivity contribution in [2.24, 2.45) is 4.99 Å². The van der Waals surface area contributed by atoms with Crippen LogP contribution in [0.2, 0.25) is 0 Å². The molecule has 2 aromatic heterocycles. The molecular weight excluding hydrogens is 827 g/mol. The topological polar surface area (TPSA) is 46.3 Å². The Morgan fingerprint density at radius 1 is 0.338 bits per heavy atom. The highest BCUT2D eigenvalue weighted by Gasteiger charge is 2.30. The maximum absolute atomic E-state index is 5.67. The SMILES string of the molecule is c1ccc(-c2ccc(-c3ccccc3)c(-n3c4ccccc4c4ccc5c6ccccc6n(C6=NC(c7ccc(-c8ccccc8-c8ccccc8)cc7)NC(c7ccccc7)N6)c5c43)c2)cc1. The molecule has 13 rings (SSSR count). The van der Waals surface area contributed by atoms with Gasteiger partial charge in [0, 0.05) is 27.1 Å². The van der Waals surface area contributed by atoms with Crippen LogP contribution in [0, 0.1) is 0 Å². The molecule has 2 unspecified atom stereocenters. The second-order valence-corrected chi connectivity index (χ2v) is 17.6. The largest absolute Gasteiger partial charge is 0.336 e. The van der Waals surface area contributed by atoms with E-state index in [0.717, 1.165) is 72.5 Å². The van der Waals surface area contributed by atoms with Crippen molar-refractivity contribution in [1.29, 1.82) is 0 Å². The highest BCUT2D eigenvalue weighted by atomic mass is 15.4. The molecule has 5 heteroatoms. The third-order valence-electron chi connectivity index (χ3n) is 13.6. The van der Waals surface area contributed by atoms with Crippen LogP contribution in [0.4, 0.5) is 0 Å². The number of rotatable bonds is 7. The Labute approximate surface area is 394 Å². The Morgan fingerprint density at radius 2 is 0.809 bits per heavy atom. The number of fused-ring (bicyclic) bond motifs is 7. The lowest BCUT2D eigenvalue weighted by Crippen LogP contribution is -2.47. The molecule has 0 radical (unpaired) electrons. The van der Waals surface area contributed by atoms with E-state index in [2.05, 4.69) is 268 Å². The first-order valence-corrected chi connectivity index (χ1v) is 23.4. The smallest absolute Gasteiger partial charge is 0.206 e. The Morgan fingerprint density at radius 3 is 1.43 bits per heavy atom. The molecule has 2 atom stereocenters. The second kappa shape index (κ2) is 16.6. The third kappa shape index (κ3) is 6.71. The van der Waals surface area contributed by atoms with Crippen molar-refractivity contribution in [3.05, 3.63) is 260 Å². The summed E-state index contributed by atoms with van der Waals surface area (Å²) in [7, 11) is 0. The van der Waals surface area contributed by atoms with Crippen LogP contribution in [0.3, 0.4) is 0 Å². The van der Waals surface area contributed by atoms with E-state index in [9.17, 15) is 0 Å². The van der Waals surface area contributed by atoms with Crippen molar-refractivity contribution in [3.63, 3.8) is 0 Å². The van der Waals surface area contributed by atoms with Crippen LogP contribution in [0.1, 0.15) is 23.5 Å². The van der Waals surface area contributed by atoms with Crippen LogP contribution >= 0.6 is 0 Å². The minimum Gasteiger partial charge on any atom is -0.336 e. The zero-order valence-electron chi connectivity index (χ0n) is 37.2. The molecule has 0 amide bonds. The van der Waals surface area contributed by atoms with E-state index in [1.54, 1.807) is 0 Å². The fraction of sp³-hybridized carbons (Fsp3) is 0.0317. The summed E-state index contributed by atoms with van der Waals surface area (Å²) in [6.45, 7) is 0. The minimum absolute atomic E-state index is 0.235. The van der Waals surface area contributed by atoms with Crippen molar-refractivity contribution < 1.29 is 0 Å². The number of hydrogen-bond donors (Lipinski definition) is 2. The van der Waals surface area contributed by atoms with Gasteiger partial charge in [-0.25, -0.2) is 4.99 Å². The number of para-hydroxylation sites is 2. The van der Waals surface area contributed by atoms with E-state index in [4.69, 9.17) is 4.99 Å². The van der Waals surface area contributed by atoms with Gasteiger partial charge in [-0.15, -0.1) is 0 Å². The summed E-state index contributed by atoms with van der Waals surface area (Å²) in [5, 5.41) is 12.5. The molecule has 10 aromatic carbocycles. The quantitative estimate of drug-likeness (QED) is 0.168. The summed E-state index contributed by atoms with van der Waals surface area (Å²) in [5.41, 5.74) is 17.2. The summed E-state index contributed by atoms with van der Waals surface area (Å²) < 4.78 is 4.90. The molecule has 3 heterocycles. The average Bonchev–Trinajstić information content (AvgIpc) is 3.95. The minimum atomic E-state index is -0.358. The lowest BCUT2D eigenvalue weighted by molar-refractivity contribution is 0.403. The van der Waals surface area contributed by atoms with Crippen LogP contribution in [0.5, 0.6) is 0 Å². The zero-order valence-corrected chi connectivity index (χ0v) is 37.2. The maximum Gasteiger partial charge on any atom is 0.206 e. The molecule has 0 saturated heterocycles. The van der Waals surface area contributed by atoms with Gasteiger partial charge in [-0.3, -0.25) is 9.88 Å². The first-order valence-electron chi connectivity index (χ1n) is 23.4. The molecule has 322 valence electrons. The van der Waals surface area contributed by atoms with Gasteiger partial charge in [-0.05, 0) is 68.3 Å². The summed E-state index contributed by atoms with van der Waals surface area (Å²) in [6, 6.07) is 89.5. The van der Waals surface area contributed by atoms with Crippen LogP contribution in [-0.2, 0) is 0 Å². The Hall–Kier alpha value is -8.77. The molecule has 0 fully saturated rings. The highest BCUT2D eigenvalue weighted by Crippen LogP contribution is 2.44. The second-order valence-electron chi connectivity index (χ2n) is 17.6. The van der Waals surface area contributed by atoms with Crippen LogP contribution in [0.15, 0.2) is 254 Å². The molecule has 12 aromatic rings. The summed E-state index contributed by atoms with van der Waals surface area (Å²) in [4.78, 5) is 5.67. The number of nitrogens with zero attached hydrogens (tertiary/aromatic N) is 3. The predicted molar refractivity (Wildman–Crippen MR) is 283 cm³/mol. The number of aromatic nitrogens is 2. The van der Waals surface area contributed by atoms with Gasteiger partial charge in [0.2, 0.25) is 5.96 Å². The van der Waals surface area contributed by atoms with E-state index in [1.165, 1.54) is 38.4 Å².